The predicted octanol–water partition coefficient (Wildman–Crippen LogP) is 2.35. The minimum Gasteiger partial charge on any atom is -0.480 e. The Kier molecular flexibility index (Phi) is 3.64. The Bertz CT molecular complexity index is 596. The summed E-state index contributed by atoms with van der Waals surface area (Å²) in [6.07, 6.45) is 2.37. The minimum atomic E-state index is -0.378. The molecule has 1 aromatic heterocycles. The number of rotatable bonds is 6. The van der Waals surface area contributed by atoms with Crippen molar-refractivity contribution in [3.63, 3.8) is 0 Å². The van der Waals surface area contributed by atoms with Gasteiger partial charge in [0.25, 0.3) is 5.89 Å². The Balaban J connectivity index is 1.69. The largest absolute Gasteiger partial charge is 0.480 e. The van der Waals surface area contributed by atoms with Gasteiger partial charge in [-0.25, -0.2) is 4.39 Å². The molecule has 1 aromatic carbocycles. The summed E-state index contributed by atoms with van der Waals surface area (Å²) in [6.45, 7) is 2.36. The summed E-state index contributed by atoms with van der Waals surface area (Å²) >= 11 is 0. The van der Waals surface area contributed by atoms with Gasteiger partial charge in [-0.1, -0.05) is 12.1 Å². The van der Waals surface area contributed by atoms with Crippen molar-refractivity contribution in [2.75, 3.05) is 0 Å². The lowest BCUT2D eigenvalue weighted by molar-refractivity contribution is 0.247. The van der Waals surface area contributed by atoms with Gasteiger partial charge in [-0.15, -0.1) is 10.2 Å². The van der Waals surface area contributed by atoms with Crippen LogP contribution in [0.15, 0.2) is 22.6 Å². The third-order valence-corrected chi connectivity index (χ3v) is 3.11. The van der Waals surface area contributed by atoms with Crippen molar-refractivity contribution in [2.45, 2.75) is 39.0 Å². The molecule has 0 saturated heterocycles. The Hall–Kier alpha value is -1.95. The van der Waals surface area contributed by atoms with Crippen LogP contribution < -0.4 is 10.1 Å². The molecule has 5 nitrogen and oxygen atoms in total. The van der Waals surface area contributed by atoms with E-state index >= 15 is 0 Å². The van der Waals surface area contributed by atoms with Crippen LogP contribution >= 0.6 is 0 Å². The van der Waals surface area contributed by atoms with Crippen LogP contribution in [0.1, 0.15) is 30.2 Å². The van der Waals surface area contributed by atoms with E-state index in [9.17, 15) is 4.39 Å². The van der Waals surface area contributed by atoms with Gasteiger partial charge in [-0.3, -0.25) is 0 Å². The van der Waals surface area contributed by atoms with Crippen LogP contribution in [0.2, 0.25) is 0 Å². The van der Waals surface area contributed by atoms with Gasteiger partial charge in [0.15, 0.2) is 18.2 Å². The van der Waals surface area contributed by atoms with E-state index in [4.69, 9.17) is 9.15 Å². The van der Waals surface area contributed by atoms with Gasteiger partial charge in [0.2, 0.25) is 5.89 Å². The average Bonchev–Trinajstić information content (AvgIpc) is 3.17. The second-order valence-corrected chi connectivity index (χ2v) is 4.89. The van der Waals surface area contributed by atoms with E-state index in [0.717, 1.165) is 5.56 Å². The van der Waals surface area contributed by atoms with Gasteiger partial charge in [-0.2, -0.15) is 0 Å². The number of ether oxygens (including phenoxy) is 1. The maximum atomic E-state index is 13.9. The highest BCUT2D eigenvalue weighted by atomic mass is 19.1. The van der Waals surface area contributed by atoms with Crippen LogP contribution in [0.5, 0.6) is 5.75 Å². The van der Waals surface area contributed by atoms with E-state index in [-0.39, 0.29) is 18.2 Å². The molecular weight excluding hydrogens is 261 g/mol. The van der Waals surface area contributed by atoms with Crippen LogP contribution in [0.4, 0.5) is 4.39 Å². The standard InChI is InChI=1S/C14H16FN3O2/c1-9-17-18-13(20-9)8-19-14-10(3-2-4-12(14)15)7-16-11-5-6-11/h2-4,11,16H,5-8H2,1H3. The number of nitrogens with zero attached hydrogens (tertiary/aromatic N) is 2. The number of halogens is 1. The first-order valence-electron chi connectivity index (χ1n) is 6.65. The van der Waals surface area contributed by atoms with Crippen molar-refractivity contribution in [1.29, 1.82) is 0 Å². The van der Waals surface area contributed by atoms with Crippen molar-refractivity contribution in [1.82, 2.24) is 15.5 Å². The topological polar surface area (TPSA) is 60.2 Å². The maximum Gasteiger partial charge on any atom is 0.253 e. The monoisotopic (exact) mass is 277 g/mol. The van der Waals surface area contributed by atoms with Crippen LogP contribution in [0, 0.1) is 12.7 Å². The van der Waals surface area contributed by atoms with Crippen LogP contribution in [0.25, 0.3) is 0 Å². The van der Waals surface area contributed by atoms with Crippen molar-refractivity contribution in [3.05, 3.63) is 41.4 Å². The third-order valence-electron chi connectivity index (χ3n) is 3.11. The summed E-state index contributed by atoms with van der Waals surface area (Å²) in [4.78, 5) is 0. The van der Waals surface area contributed by atoms with E-state index in [1.807, 2.05) is 6.07 Å². The van der Waals surface area contributed by atoms with Crippen LogP contribution in [-0.2, 0) is 13.2 Å². The molecule has 0 radical (unpaired) electrons. The van der Waals surface area contributed by atoms with Gasteiger partial charge in [-0.05, 0) is 18.9 Å². The molecule has 0 bridgehead atoms. The maximum absolute atomic E-state index is 13.9. The second-order valence-electron chi connectivity index (χ2n) is 4.89. The molecule has 3 rings (SSSR count). The van der Waals surface area contributed by atoms with Crippen LogP contribution in [0.3, 0.4) is 0 Å². The summed E-state index contributed by atoms with van der Waals surface area (Å²) in [5.74, 6) is 0.674. The Labute approximate surface area is 116 Å². The first kappa shape index (κ1) is 13.1. The summed E-state index contributed by atoms with van der Waals surface area (Å²) in [5.41, 5.74) is 0.799. The second kappa shape index (κ2) is 5.58. The smallest absolute Gasteiger partial charge is 0.253 e. The van der Waals surface area contributed by atoms with E-state index in [2.05, 4.69) is 15.5 Å². The molecular formula is C14H16FN3O2. The number of hydrogen-bond acceptors (Lipinski definition) is 5. The zero-order valence-electron chi connectivity index (χ0n) is 11.2. The molecule has 1 N–H and O–H groups in total. The highest BCUT2D eigenvalue weighted by molar-refractivity contribution is 5.35. The van der Waals surface area contributed by atoms with Crippen molar-refractivity contribution >= 4 is 0 Å². The van der Waals surface area contributed by atoms with E-state index in [0.29, 0.717) is 24.4 Å². The zero-order valence-corrected chi connectivity index (χ0v) is 11.2. The van der Waals surface area contributed by atoms with Crippen molar-refractivity contribution < 1.29 is 13.5 Å². The lowest BCUT2D eigenvalue weighted by Crippen LogP contribution is -2.16. The fourth-order valence-electron chi connectivity index (χ4n) is 1.93. The number of aromatic nitrogens is 2. The molecule has 1 saturated carbocycles. The van der Waals surface area contributed by atoms with Gasteiger partial charge in [0, 0.05) is 25.1 Å². The number of hydrogen-bond donors (Lipinski definition) is 1. The molecule has 0 unspecified atom stereocenters. The Morgan fingerprint density at radius 1 is 1.40 bits per heavy atom. The zero-order chi connectivity index (χ0) is 13.9. The summed E-state index contributed by atoms with van der Waals surface area (Å²) in [7, 11) is 0. The SMILES string of the molecule is Cc1nnc(COc2c(F)cccc2CNC2CC2)o1. The van der Waals surface area contributed by atoms with Crippen molar-refractivity contribution in [2.24, 2.45) is 0 Å². The quantitative estimate of drug-likeness (QED) is 0.878. The molecule has 1 fully saturated rings. The molecule has 1 aliphatic rings. The summed E-state index contributed by atoms with van der Waals surface area (Å²) < 4.78 is 24.6. The molecule has 0 spiro atoms. The molecule has 106 valence electrons. The molecule has 1 heterocycles. The number of para-hydroxylation sites is 1. The Morgan fingerprint density at radius 3 is 2.95 bits per heavy atom. The third kappa shape index (κ3) is 3.14. The molecule has 1 aliphatic carbocycles. The lowest BCUT2D eigenvalue weighted by Gasteiger charge is -2.11. The van der Waals surface area contributed by atoms with Gasteiger partial charge in [0.05, 0.1) is 0 Å². The van der Waals surface area contributed by atoms with Gasteiger partial charge in [0.1, 0.15) is 0 Å². The fraction of sp³-hybridized carbons (Fsp3) is 0.429. The van der Waals surface area contributed by atoms with Crippen LogP contribution in [-0.4, -0.2) is 16.2 Å². The number of aryl methyl sites for hydroxylation is 1. The van der Waals surface area contributed by atoms with E-state index < -0.39 is 0 Å². The summed E-state index contributed by atoms with van der Waals surface area (Å²) in [5, 5.41) is 10.9. The molecule has 0 aliphatic heterocycles. The minimum absolute atomic E-state index is 0.0677. The molecule has 20 heavy (non-hydrogen) atoms. The normalized spacial score (nSPS) is 14.5. The average molecular weight is 277 g/mol. The van der Waals surface area contributed by atoms with Crippen molar-refractivity contribution in [3.8, 4) is 5.75 Å². The van der Waals surface area contributed by atoms with Gasteiger partial charge < -0.3 is 14.5 Å². The lowest BCUT2D eigenvalue weighted by atomic mass is 10.2. The first-order valence-corrected chi connectivity index (χ1v) is 6.65. The summed E-state index contributed by atoms with van der Waals surface area (Å²) in [6, 6.07) is 5.48. The predicted molar refractivity (Wildman–Crippen MR) is 69.6 cm³/mol. The highest BCUT2D eigenvalue weighted by Gasteiger charge is 2.21. The fourth-order valence-corrected chi connectivity index (χ4v) is 1.93. The van der Waals surface area contributed by atoms with E-state index in [1.54, 1.807) is 13.0 Å². The molecule has 6 heteroatoms. The number of nitrogens with one attached hydrogen (secondary N) is 1. The highest BCUT2D eigenvalue weighted by Crippen LogP contribution is 2.25. The van der Waals surface area contributed by atoms with E-state index in [1.165, 1.54) is 18.9 Å². The molecule has 0 amide bonds. The molecule has 0 atom stereocenters. The molecule has 2 aromatic rings. The first-order chi connectivity index (χ1) is 9.72. The number of benzene rings is 1. The Morgan fingerprint density at radius 2 is 2.25 bits per heavy atom. The van der Waals surface area contributed by atoms with Gasteiger partial charge >= 0.3 is 0 Å².